The Kier molecular flexibility index (Phi) is 10.9. The summed E-state index contributed by atoms with van der Waals surface area (Å²) in [6.07, 6.45) is 5.99. The molecule has 3 rings (SSSR count). The Morgan fingerprint density at radius 1 is 1.05 bits per heavy atom. The molecule has 9 nitrogen and oxygen atoms in total. The van der Waals surface area contributed by atoms with Gasteiger partial charge in [0, 0.05) is 30.3 Å². The molecule has 2 heterocycles. The van der Waals surface area contributed by atoms with E-state index < -0.39 is 18.2 Å². The fraction of sp³-hybridized carbons (Fsp3) is 0.600. The summed E-state index contributed by atoms with van der Waals surface area (Å²) in [5.41, 5.74) is 2.70. The van der Waals surface area contributed by atoms with Gasteiger partial charge in [0.25, 0.3) is 0 Å². The summed E-state index contributed by atoms with van der Waals surface area (Å²) in [4.78, 5) is 40.2. The molecule has 1 aromatic carbocycles. The van der Waals surface area contributed by atoms with Gasteiger partial charge < -0.3 is 20.3 Å². The average molecular weight is 540 g/mol. The van der Waals surface area contributed by atoms with Crippen LogP contribution in [0.15, 0.2) is 36.5 Å². The summed E-state index contributed by atoms with van der Waals surface area (Å²) in [6.45, 7) is 11.8. The largest absolute Gasteiger partial charge is 0.444 e. The average Bonchev–Trinajstić information content (AvgIpc) is 3.38. The zero-order chi connectivity index (χ0) is 28.4. The van der Waals surface area contributed by atoms with Gasteiger partial charge in [-0.25, -0.2) is 9.59 Å². The quantitative estimate of drug-likeness (QED) is 0.402. The van der Waals surface area contributed by atoms with Crippen molar-refractivity contribution >= 4 is 17.9 Å². The van der Waals surface area contributed by atoms with Gasteiger partial charge in [0.2, 0.25) is 0 Å². The summed E-state index contributed by atoms with van der Waals surface area (Å²) in [5, 5.41) is 10.2. The molecule has 39 heavy (non-hydrogen) atoms. The van der Waals surface area contributed by atoms with Crippen molar-refractivity contribution in [2.45, 2.75) is 91.8 Å². The number of likely N-dealkylation sites (tertiary alicyclic amines) is 1. The van der Waals surface area contributed by atoms with Gasteiger partial charge in [0.15, 0.2) is 5.78 Å². The maximum absolute atomic E-state index is 13.0. The Hall–Kier alpha value is -3.36. The number of rotatable bonds is 11. The lowest BCUT2D eigenvalue weighted by Gasteiger charge is -2.31. The number of alkyl carbamates (subject to hydrolysis) is 1. The number of urea groups is 1. The number of Topliss-reactive ketones (excluding diaryl/α,β-unsaturated/α-hetero) is 1. The number of benzene rings is 1. The first-order valence-electron chi connectivity index (χ1n) is 14.2. The smallest absolute Gasteiger partial charge is 0.408 e. The lowest BCUT2D eigenvalue weighted by Crippen LogP contribution is -2.50. The normalized spacial score (nSPS) is 15.4. The second kappa shape index (κ2) is 14.1. The Bertz CT molecular complexity index is 1080. The zero-order valence-electron chi connectivity index (χ0n) is 24.2. The Morgan fingerprint density at radius 2 is 1.74 bits per heavy atom. The highest BCUT2D eigenvalue weighted by Crippen LogP contribution is 2.25. The molecule has 0 unspecified atom stereocenters. The first-order valence-corrected chi connectivity index (χ1v) is 14.2. The Morgan fingerprint density at radius 3 is 2.38 bits per heavy atom. The van der Waals surface area contributed by atoms with Crippen molar-refractivity contribution in [3.8, 4) is 11.3 Å². The van der Waals surface area contributed by atoms with E-state index in [9.17, 15) is 14.4 Å². The number of ketones is 1. The lowest BCUT2D eigenvalue weighted by atomic mass is 9.89. The molecule has 1 saturated heterocycles. The predicted molar refractivity (Wildman–Crippen MR) is 152 cm³/mol. The molecule has 9 heteroatoms. The highest BCUT2D eigenvalue weighted by atomic mass is 16.6. The van der Waals surface area contributed by atoms with Crippen LogP contribution in [0.4, 0.5) is 9.59 Å². The van der Waals surface area contributed by atoms with Crippen molar-refractivity contribution in [3.63, 3.8) is 0 Å². The molecule has 2 aromatic rings. The zero-order valence-corrected chi connectivity index (χ0v) is 24.2. The molecular weight excluding hydrogens is 494 g/mol. The van der Waals surface area contributed by atoms with Crippen LogP contribution in [0.2, 0.25) is 0 Å². The Balaban J connectivity index is 1.60. The van der Waals surface area contributed by atoms with Gasteiger partial charge in [-0.05, 0) is 38.7 Å². The molecular formula is C30H45N5O4. The van der Waals surface area contributed by atoms with E-state index in [4.69, 9.17) is 4.74 Å². The molecule has 1 fully saturated rings. The number of unbranched alkanes of at least 4 members (excludes halogenated alkanes) is 1. The molecule has 2 N–H and O–H groups in total. The third-order valence-electron chi connectivity index (χ3n) is 7.14. The number of piperidine rings is 1. The summed E-state index contributed by atoms with van der Waals surface area (Å²) >= 11 is 0. The van der Waals surface area contributed by atoms with Crippen LogP contribution in [0.25, 0.3) is 11.3 Å². The van der Waals surface area contributed by atoms with Crippen LogP contribution in [-0.4, -0.2) is 64.4 Å². The summed E-state index contributed by atoms with van der Waals surface area (Å²) in [7, 11) is 0. The summed E-state index contributed by atoms with van der Waals surface area (Å²) in [6, 6.07) is 9.17. The maximum Gasteiger partial charge on any atom is 0.408 e. The van der Waals surface area contributed by atoms with E-state index in [2.05, 4.69) is 27.9 Å². The third kappa shape index (κ3) is 9.41. The van der Waals surface area contributed by atoms with Crippen LogP contribution >= 0.6 is 0 Å². The minimum Gasteiger partial charge on any atom is -0.444 e. The van der Waals surface area contributed by atoms with Gasteiger partial charge in [-0.2, -0.15) is 5.10 Å². The fourth-order valence-electron chi connectivity index (χ4n) is 4.52. The number of ether oxygens (including phenoxy) is 1. The van der Waals surface area contributed by atoms with Crippen LogP contribution in [-0.2, 0) is 16.1 Å². The number of carbonyl (C=O) groups is 3. The van der Waals surface area contributed by atoms with E-state index in [1.165, 1.54) is 5.56 Å². The number of aromatic nitrogens is 2. The van der Waals surface area contributed by atoms with Gasteiger partial charge in [-0.15, -0.1) is 0 Å². The molecule has 0 saturated carbocycles. The van der Waals surface area contributed by atoms with E-state index in [0.717, 1.165) is 43.4 Å². The van der Waals surface area contributed by atoms with Crippen LogP contribution in [0, 0.1) is 12.3 Å². The van der Waals surface area contributed by atoms with Crippen molar-refractivity contribution in [1.29, 1.82) is 0 Å². The van der Waals surface area contributed by atoms with Crippen molar-refractivity contribution in [2.24, 2.45) is 5.41 Å². The number of nitrogens with zero attached hydrogens (tertiary/aromatic N) is 3. The highest BCUT2D eigenvalue weighted by Gasteiger charge is 2.31. The topological polar surface area (TPSA) is 106 Å². The number of nitrogens with one attached hydrogen (secondary N) is 2. The van der Waals surface area contributed by atoms with Gasteiger partial charge in [-0.3, -0.25) is 9.48 Å². The van der Waals surface area contributed by atoms with E-state index in [-0.39, 0.29) is 23.8 Å². The van der Waals surface area contributed by atoms with E-state index in [0.29, 0.717) is 26.1 Å². The van der Waals surface area contributed by atoms with Gasteiger partial charge in [0.05, 0.1) is 24.8 Å². The van der Waals surface area contributed by atoms with Gasteiger partial charge in [-0.1, -0.05) is 70.4 Å². The standard InChI is InChI=1S/C30H45N5O4/c1-6-7-11-25(26(36)20-31-28(37)34-17-9-8-10-18-34)32-29(38)39-27(30(3,4)5)21-35-19-16-24(33-35)23-14-12-22(2)13-15-23/h12-16,19,25,27H,6-11,17-18,20-21H2,1-5H3,(H,31,37)(H,32,38)/t25-,27+/m0/s1. The van der Waals surface area contributed by atoms with Crippen molar-refractivity contribution in [1.82, 2.24) is 25.3 Å². The second-order valence-electron chi connectivity index (χ2n) is 11.6. The number of aryl methyl sites for hydroxylation is 1. The van der Waals surface area contributed by atoms with Crippen LogP contribution in [0.1, 0.15) is 71.8 Å². The summed E-state index contributed by atoms with van der Waals surface area (Å²) < 4.78 is 7.66. The molecule has 1 aliphatic rings. The van der Waals surface area contributed by atoms with E-state index in [1.54, 1.807) is 9.58 Å². The first kappa shape index (κ1) is 30.2. The fourth-order valence-corrected chi connectivity index (χ4v) is 4.52. The first-order chi connectivity index (χ1) is 18.6. The van der Waals surface area contributed by atoms with Gasteiger partial charge in [0.1, 0.15) is 6.10 Å². The molecule has 1 aromatic heterocycles. The molecule has 0 aliphatic carbocycles. The molecule has 2 atom stereocenters. The lowest BCUT2D eigenvalue weighted by molar-refractivity contribution is -0.120. The highest BCUT2D eigenvalue weighted by molar-refractivity contribution is 5.91. The number of amides is 3. The minimum absolute atomic E-state index is 0.123. The molecule has 0 bridgehead atoms. The van der Waals surface area contributed by atoms with Gasteiger partial charge >= 0.3 is 12.1 Å². The van der Waals surface area contributed by atoms with Crippen LogP contribution < -0.4 is 10.6 Å². The Labute approximate surface area is 232 Å². The van der Waals surface area contributed by atoms with Crippen molar-refractivity contribution < 1.29 is 19.1 Å². The molecule has 0 radical (unpaired) electrons. The molecule has 214 valence electrons. The SMILES string of the molecule is CCCC[C@H](NC(=O)O[C@H](Cn1ccc(-c2ccc(C)cc2)n1)C(C)(C)C)C(=O)CNC(=O)N1CCCCC1. The maximum atomic E-state index is 13.0. The van der Waals surface area contributed by atoms with Crippen LogP contribution in [0.3, 0.4) is 0 Å². The molecule has 3 amide bonds. The van der Waals surface area contributed by atoms with E-state index in [1.807, 2.05) is 59.0 Å². The predicted octanol–water partition coefficient (Wildman–Crippen LogP) is 5.32. The molecule has 1 aliphatic heterocycles. The second-order valence-corrected chi connectivity index (χ2v) is 11.6. The number of hydrogen-bond acceptors (Lipinski definition) is 5. The third-order valence-corrected chi connectivity index (χ3v) is 7.14. The van der Waals surface area contributed by atoms with Crippen molar-refractivity contribution in [2.75, 3.05) is 19.6 Å². The molecule has 0 spiro atoms. The summed E-state index contributed by atoms with van der Waals surface area (Å²) in [5.74, 6) is -0.229. The number of hydrogen-bond donors (Lipinski definition) is 2. The van der Waals surface area contributed by atoms with E-state index >= 15 is 0 Å². The minimum atomic E-state index is -0.724. The number of carbonyl (C=O) groups excluding carboxylic acids is 3. The van der Waals surface area contributed by atoms with Crippen molar-refractivity contribution in [3.05, 3.63) is 42.1 Å². The monoisotopic (exact) mass is 539 g/mol. The van der Waals surface area contributed by atoms with Crippen LogP contribution in [0.5, 0.6) is 0 Å².